The molecule has 3 aromatic carbocycles. The van der Waals surface area contributed by atoms with Crippen LogP contribution in [0.3, 0.4) is 0 Å². The van der Waals surface area contributed by atoms with Gasteiger partial charge in [0.2, 0.25) is 15.7 Å². The molecule has 0 fully saturated rings. The van der Waals surface area contributed by atoms with Gasteiger partial charge in [-0.15, -0.1) is 12.4 Å². The standard InChI is InChI=1S/C23H23ClN2O4S.ClH/c24-19-5-1-3-17(13-19)22(27)15-26-12-11-16-7-9-20(10-8-16)31(29,30)21-6-2-4-18(14-21)23(25)28;/h1-10,13-14,22,26-27H,11-12,15H2,(H2,25,28);1H/t22-;/m0./s1. The molecule has 170 valence electrons. The van der Waals surface area contributed by atoms with Gasteiger partial charge < -0.3 is 16.2 Å². The lowest BCUT2D eigenvalue weighted by atomic mass is 10.1. The van der Waals surface area contributed by atoms with Crippen LogP contribution in [0.4, 0.5) is 0 Å². The largest absolute Gasteiger partial charge is 0.387 e. The fourth-order valence-electron chi connectivity index (χ4n) is 3.09. The SMILES string of the molecule is Cl.NC(=O)c1cccc(S(=O)(=O)c2ccc(CCNC[C@H](O)c3cccc(Cl)c3)cc2)c1. The number of hydrogen-bond donors (Lipinski definition) is 3. The highest BCUT2D eigenvalue weighted by atomic mass is 35.5. The first-order valence-electron chi connectivity index (χ1n) is 9.65. The molecule has 0 unspecified atom stereocenters. The molecule has 0 heterocycles. The van der Waals surface area contributed by atoms with Gasteiger partial charge in [0.25, 0.3) is 0 Å². The lowest BCUT2D eigenvalue weighted by Gasteiger charge is -2.13. The van der Waals surface area contributed by atoms with E-state index in [1.165, 1.54) is 24.3 Å². The molecular formula is C23H24Cl2N2O4S. The van der Waals surface area contributed by atoms with Crippen LogP contribution in [-0.2, 0) is 16.3 Å². The Morgan fingerprint density at radius 3 is 2.34 bits per heavy atom. The van der Waals surface area contributed by atoms with Crippen molar-refractivity contribution in [3.05, 3.63) is 94.5 Å². The summed E-state index contributed by atoms with van der Waals surface area (Å²) in [6.07, 6.45) is 0.00196. The predicted octanol–water partition coefficient (Wildman–Crippen LogP) is 3.56. The van der Waals surface area contributed by atoms with Crippen molar-refractivity contribution in [1.29, 1.82) is 0 Å². The van der Waals surface area contributed by atoms with Crippen molar-refractivity contribution >= 4 is 39.8 Å². The summed E-state index contributed by atoms with van der Waals surface area (Å²) in [6.45, 7) is 0.993. The topological polar surface area (TPSA) is 109 Å². The van der Waals surface area contributed by atoms with Crippen molar-refractivity contribution in [3.8, 4) is 0 Å². The van der Waals surface area contributed by atoms with E-state index in [9.17, 15) is 18.3 Å². The van der Waals surface area contributed by atoms with E-state index in [0.29, 0.717) is 24.5 Å². The van der Waals surface area contributed by atoms with Gasteiger partial charge in [0.15, 0.2) is 0 Å². The molecule has 0 aromatic heterocycles. The number of halogens is 2. The molecule has 0 radical (unpaired) electrons. The second-order valence-electron chi connectivity index (χ2n) is 7.06. The number of amides is 1. The monoisotopic (exact) mass is 494 g/mol. The van der Waals surface area contributed by atoms with E-state index in [-0.39, 0.29) is 27.8 Å². The molecule has 6 nitrogen and oxygen atoms in total. The number of benzene rings is 3. The van der Waals surface area contributed by atoms with Crippen LogP contribution < -0.4 is 11.1 Å². The van der Waals surface area contributed by atoms with E-state index in [0.717, 1.165) is 11.1 Å². The lowest BCUT2D eigenvalue weighted by Crippen LogP contribution is -2.23. The van der Waals surface area contributed by atoms with Gasteiger partial charge in [-0.05, 0) is 66.6 Å². The lowest BCUT2D eigenvalue weighted by molar-refractivity contribution is 0.1000. The summed E-state index contributed by atoms with van der Waals surface area (Å²) in [6, 6.07) is 19.4. The summed E-state index contributed by atoms with van der Waals surface area (Å²) in [5, 5.41) is 14.0. The normalized spacial score (nSPS) is 12.1. The molecule has 0 aliphatic heterocycles. The van der Waals surface area contributed by atoms with Gasteiger partial charge in [0, 0.05) is 17.1 Å². The predicted molar refractivity (Wildman–Crippen MR) is 127 cm³/mol. The first-order valence-corrected chi connectivity index (χ1v) is 11.5. The highest BCUT2D eigenvalue weighted by Crippen LogP contribution is 2.22. The Labute approximate surface area is 198 Å². The van der Waals surface area contributed by atoms with Crippen LogP contribution in [-0.4, -0.2) is 32.5 Å². The highest BCUT2D eigenvalue weighted by Gasteiger charge is 2.18. The Kier molecular flexibility index (Phi) is 9.24. The minimum absolute atomic E-state index is 0. The average molecular weight is 495 g/mol. The zero-order valence-electron chi connectivity index (χ0n) is 17.1. The van der Waals surface area contributed by atoms with E-state index in [4.69, 9.17) is 17.3 Å². The van der Waals surface area contributed by atoms with Gasteiger partial charge in [-0.1, -0.05) is 41.9 Å². The Hall–Kier alpha value is -2.42. The van der Waals surface area contributed by atoms with Gasteiger partial charge >= 0.3 is 0 Å². The van der Waals surface area contributed by atoms with Gasteiger partial charge in [0.05, 0.1) is 15.9 Å². The van der Waals surface area contributed by atoms with E-state index < -0.39 is 21.8 Å². The van der Waals surface area contributed by atoms with Crippen LogP contribution in [0.5, 0.6) is 0 Å². The number of aliphatic hydroxyl groups excluding tert-OH is 1. The second-order valence-corrected chi connectivity index (χ2v) is 9.45. The van der Waals surface area contributed by atoms with E-state index in [1.807, 2.05) is 6.07 Å². The van der Waals surface area contributed by atoms with Crippen molar-refractivity contribution in [3.63, 3.8) is 0 Å². The molecular weight excluding hydrogens is 471 g/mol. The molecule has 3 rings (SSSR count). The summed E-state index contributed by atoms with van der Waals surface area (Å²) >= 11 is 5.94. The van der Waals surface area contributed by atoms with Crippen LogP contribution in [0.25, 0.3) is 0 Å². The molecule has 1 amide bonds. The fourth-order valence-corrected chi connectivity index (χ4v) is 4.60. The van der Waals surface area contributed by atoms with Gasteiger partial charge in [-0.25, -0.2) is 8.42 Å². The fraction of sp³-hybridized carbons (Fsp3) is 0.174. The minimum Gasteiger partial charge on any atom is -0.387 e. The number of nitrogens with two attached hydrogens (primary N) is 1. The number of rotatable bonds is 9. The van der Waals surface area contributed by atoms with Crippen LogP contribution in [0.15, 0.2) is 82.6 Å². The van der Waals surface area contributed by atoms with Crippen molar-refractivity contribution in [2.75, 3.05) is 13.1 Å². The number of hydrogen-bond acceptors (Lipinski definition) is 5. The summed E-state index contributed by atoms with van der Waals surface area (Å²) in [7, 11) is -3.75. The van der Waals surface area contributed by atoms with Crippen molar-refractivity contribution in [2.45, 2.75) is 22.3 Å². The zero-order chi connectivity index (χ0) is 22.4. The van der Waals surface area contributed by atoms with Crippen LogP contribution in [0, 0.1) is 0 Å². The number of aliphatic hydroxyl groups is 1. The maximum absolute atomic E-state index is 12.8. The van der Waals surface area contributed by atoms with Gasteiger partial charge in [-0.2, -0.15) is 0 Å². The van der Waals surface area contributed by atoms with Crippen molar-refractivity contribution < 1.29 is 18.3 Å². The molecule has 0 aliphatic rings. The van der Waals surface area contributed by atoms with E-state index in [2.05, 4.69) is 5.32 Å². The average Bonchev–Trinajstić information content (AvgIpc) is 2.77. The smallest absolute Gasteiger partial charge is 0.248 e. The zero-order valence-corrected chi connectivity index (χ0v) is 19.5. The second kappa shape index (κ2) is 11.4. The number of carbonyl (C=O) groups is 1. The molecule has 4 N–H and O–H groups in total. The Morgan fingerprint density at radius 1 is 1.00 bits per heavy atom. The molecule has 0 aliphatic carbocycles. The first-order chi connectivity index (χ1) is 14.8. The molecule has 3 aromatic rings. The first kappa shape index (κ1) is 25.8. The number of carbonyl (C=O) groups excluding carboxylic acids is 1. The third kappa shape index (κ3) is 6.54. The minimum atomic E-state index is -3.75. The third-order valence-electron chi connectivity index (χ3n) is 4.82. The maximum Gasteiger partial charge on any atom is 0.248 e. The summed E-state index contributed by atoms with van der Waals surface area (Å²) in [5.74, 6) is -0.680. The van der Waals surface area contributed by atoms with Crippen molar-refractivity contribution in [2.24, 2.45) is 5.73 Å². The van der Waals surface area contributed by atoms with Crippen LogP contribution >= 0.6 is 24.0 Å². The van der Waals surface area contributed by atoms with Crippen molar-refractivity contribution in [1.82, 2.24) is 5.32 Å². The number of primary amides is 1. The summed E-state index contributed by atoms with van der Waals surface area (Å²) in [4.78, 5) is 11.5. The molecule has 0 spiro atoms. The Morgan fingerprint density at radius 2 is 1.69 bits per heavy atom. The van der Waals surface area contributed by atoms with E-state index in [1.54, 1.807) is 42.5 Å². The third-order valence-corrected chi connectivity index (χ3v) is 6.83. The molecule has 0 saturated carbocycles. The van der Waals surface area contributed by atoms with Gasteiger partial charge in [-0.3, -0.25) is 4.79 Å². The highest BCUT2D eigenvalue weighted by molar-refractivity contribution is 7.91. The number of sulfone groups is 1. The van der Waals surface area contributed by atoms with Crippen LogP contribution in [0.2, 0.25) is 5.02 Å². The van der Waals surface area contributed by atoms with Crippen LogP contribution in [0.1, 0.15) is 27.6 Å². The molecule has 32 heavy (non-hydrogen) atoms. The summed E-state index contributed by atoms with van der Waals surface area (Å²) < 4.78 is 25.6. The molecule has 0 saturated heterocycles. The molecule has 0 bridgehead atoms. The number of nitrogens with one attached hydrogen (secondary N) is 1. The van der Waals surface area contributed by atoms with E-state index >= 15 is 0 Å². The quantitative estimate of drug-likeness (QED) is 0.394. The summed E-state index contributed by atoms with van der Waals surface area (Å²) in [5.41, 5.74) is 7.08. The Bertz CT molecular complexity index is 1170. The molecule has 9 heteroatoms. The maximum atomic E-state index is 12.8. The molecule has 1 atom stereocenters. The van der Waals surface area contributed by atoms with Gasteiger partial charge in [0.1, 0.15) is 0 Å². The Balaban J connectivity index is 0.00000363.